The number of hydrogen-bond acceptors (Lipinski definition) is 3. The largest absolute Gasteiger partial charge is 0.341 e. The van der Waals surface area contributed by atoms with Gasteiger partial charge in [-0.1, -0.05) is 54.1 Å². The Bertz CT molecular complexity index is 1010. The number of carbonyl (C=O) groups is 1. The highest BCUT2D eigenvalue weighted by molar-refractivity contribution is 7.88. The molecule has 4 rings (SSSR count). The van der Waals surface area contributed by atoms with Gasteiger partial charge in [-0.25, -0.2) is 13.1 Å². The molecular formula is C21H23ClN2O3S. The topological polar surface area (TPSA) is 66.5 Å². The molecule has 0 radical (unpaired) electrons. The summed E-state index contributed by atoms with van der Waals surface area (Å²) < 4.78 is 25.4. The van der Waals surface area contributed by atoms with Gasteiger partial charge in [0.2, 0.25) is 15.9 Å². The molecule has 2 aromatic rings. The zero-order valence-corrected chi connectivity index (χ0v) is 17.2. The van der Waals surface area contributed by atoms with Crippen LogP contribution in [0.5, 0.6) is 0 Å². The minimum atomic E-state index is -3.26. The van der Waals surface area contributed by atoms with E-state index in [9.17, 15) is 13.2 Å². The third-order valence-corrected chi connectivity index (χ3v) is 6.60. The van der Waals surface area contributed by atoms with Crippen molar-refractivity contribution in [1.82, 2.24) is 9.62 Å². The maximum atomic E-state index is 12.9. The molecule has 3 atom stereocenters. The molecule has 2 aliphatic rings. The van der Waals surface area contributed by atoms with E-state index in [1.807, 2.05) is 36.4 Å². The molecule has 2 aromatic carbocycles. The number of nitrogens with zero attached hydrogens (tertiary/aromatic N) is 1. The van der Waals surface area contributed by atoms with Crippen molar-refractivity contribution in [3.05, 3.63) is 59.1 Å². The second-order valence-corrected chi connectivity index (χ2v) is 9.86. The normalized spacial score (nSPS) is 24.4. The first-order valence-electron chi connectivity index (χ1n) is 9.43. The highest BCUT2D eigenvalue weighted by atomic mass is 35.5. The lowest BCUT2D eigenvalue weighted by atomic mass is 9.96. The van der Waals surface area contributed by atoms with Crippen LogP contribution in [0.4, 0.5) is 0 Å². The van der Waals surface area contributed by atoms with Crippen molar-refractivity contribution < 1.29 is 13.2 Å². The van der Waals surface area contributed by atoms with E-state index in [4.69, 9.17) is 11.6 Å². The first-order valence-corrected chi connectivity index (χ1v) is 11.7. The van der Waals surface area contributed by atoms with E-state index in [1.165, 1.54) is 0 Å². The lowest BCUT2D eigenvalue weighted by Gasteiger charge is -2.17. The summed E-state index contributed by atoms with van der Waals surface area (Å²) in [6.07, 6.45) is 2.63. The fraction of sp³-hybridized carbons (Fsp3) is 0.381. The van der Waals surface area contributed by atoms with Crippen LogP contribution in [0.15, 0.2) is 48.5 Å². The standard InChI is InChI=1S/C21H23ClN2O3S/c1-28(26,27)23-14-10-11-24(13-14)21(25)19-12-18(19)16-7-3-2-6-15(16)17-8-4-5-9-20(17)22/h2-9,14,18-19,23H,10-13H2,1H3. The third kappa shape index (κ3) is 4.09. The first kappa shape index (κ1) is 19.4. The van der Waals surface area contributed by atoms with Crippen LogP contribution in [-0.4, -0.2) is 44.6 Å². The zero-order chi connectivity index (χ0) is 19.9. The number of benzene rings is 2. The molecule has 148 valence electrons. The molecule has 1 aliphatic heterocycles. The Morgan fingerprint density at radius 2 is 1.79 bits per heavy atom. The van der Waals surface area contributed by atoms with Gasteiger partial charge in [0.15, 0.2) is 0 Å². The fourth-order valence-electron chi connectivity index (χ4n) is 4.15. The Balaban J connectivity index is 1.48. The molecule has 1 saturated heterocycles. The summed E-state index contributed by atoms with van der Waals surface area (Å²) >= 11 is 6.40. The smallest absolute Gasteiger partial charge is 0.226 e. The van der Waals surface area contributed by atoms with Crippen LogP contribution in [0.1, 0.15) is 24.3 Å². The fourth-order valence-corrected chi connectivity index (χ4v) is 5.19. The molecule has 0 spiro atoms. The predicted molar refractivity (Wildman–Crippen MR) is 111 cm³/mol. The Kier molecular flexibility index (Phi) is 5.21. The van der Waals surface area contributed by atoms with Crippen molar-refractivity contribution in [2.45, 2.75) is 24.8 Å². The van der Waals surface area contributed by atoms with Crippen molar-refractivity contribution in [3.63, 3.8) is 0 Å². The van der Waals surface area contributed by atoms with E-state index >= 15 is 0 Å². The minimum absolute atomic E-state index is 0.0411. The van der Waals surface area contributed by atoms with Crippen molar-refractivity contribution in [1.29, 1.82) is 0 Å². The van der Waals surface area contributed by atoms with Crippen LogP contribution in [0.25, 0.3) is 11.1 Å². The van der Waals surface area contributed by atoms with Crippen LogP contribution in [0.2, 0.25) is 5.02 Å². The Morgan fingerprint density at radius 1 is 1.11 bits per heavy atom. The summed E-state index contributed by atoms with van der Waals surface area (Å²) in [5, 5.41) is 0.702. The quantitative estimate of drug-likeness (QED) is 0.810. The maximum Gasteiger partial charge on any atom is 0.226 e. The van der Waals surface area contributed by atoms with Gasteiger partial charge in [-0.3, -0.25) is 4.79 Å². The van der Waals surface area contributed by atoms with Crippen LogP contribution in [-0.2, 0) is 14.8 Å². The average molecular weight is 419 g/mol. The number of carbonyl (C=O) groups excluding carboxylic acids is 1. The maximum absolute atomic E-state index is 12.9. The van der Waals surface area contributed by atoms with Gasteiger partial charge in [0, 0.05) is 35.6 Å². The Morgan fingerprint density at radius 3 is 2.50 bits per heavy atom. The van der Waals surface area contributed by atoms with E-state index in [0.717, 1.165) is 29.4 Å². The molecule has 3 unspecified atom stereocenters. The number of likely N-dealkylation sites (tertiary alicyclic amines) is 1. The number of halogens is 1. The SMILES string of the molecule is CS(=O)(=O)NC1CCN(C(=O)C2CC2c2ccccc2-c2ccccc2Cl)C1. The van der Waals surface area contributed by atoms with Crippen molar-refractivity contribution in [2.24, 2.45) is 5.92 Å². The molecule has 7 heteroatoms. The number of hydrogen-bond donors (Lipinski definition) is 1. The summed E-state index contributed by atoms with van der Waals surface area (Å²) in [5.41, 5.74) is 3.21. The highest BCUT2D eigenvalue weighted by Crippen LogP contribution is 2.51. The van der Waals surface area contributed by atoms with E-state index < -0.39 is 10.0 Å². The summed E-state index contributed by atoms with van der Waals surface area (Å²) in [7, 11) is -3.26. The molecule has 1 amide bonds. The monoisotopic (exact) mass is 418 g/mol. The van der Waals surface area contributed by atoms with Gasteiger partial charge in [0.05, 0.1) is 6.26 Å². The first-order chi connectivity index (χ1) is 13.3. The minimum Gasteiger partial charge on any atom is -0.341 e. The lowest BCUT2D eigenvalue weighted by molar-refractivity contribution is -0.131. The van der Waals surface area contributed by atoms with Gasteiger partial charge in [-0.15, -0.1) is 0 Å². The highest BCUT2D eigenvalue weighted by Gasteiger charge is 2.47. The second kappa shape index (κ2) is 7.50. The molecule has 1 aliphatic carbocycles. The Hall–Kier alpha value is -1.89. The average Bonchev–Trinajstić information content (AvgIpc) is 3.32. The van der Waals surface area contributed by atoms with E-state index in [2.05, 4.69) is 16.9 Å². The summed E-state index contributed by atoms with van der Waals surface area (Å²) in [4.78, 5) is 14.7. The van der Waals surface area contributed by atoms with Crippen LogP contribution < -0.4 is 4.72 Å². The molecule has 1 saturated carbocycles. The zero-order valence-electron chi connectivity index (χ0n) is 15.6. The van der Waals surface area contributed by atoms with Crippen molar-refractivity contribution >= 4 is 27.5 Å². The number of nitrogens with one attached hydrogen (secondary N) is 1. The van der Waals surface area contributed by atoms with Gasteiger partial charge in [-0.05, 0) is 36.0 Å². The van der Waals surface area contributed by atoms with Crippen molar-refractivity contribution in [3.8, 4) is 11.1 Å². The molecule has 0 bridgehead atoms. The van der Waals surface area contributed by atoms with E-state index in [1.54, 1.807) is 4.90 Å². The second-order valence-electron chi connectivity index (χ2n) is 7.68. The molecule has 2 fully saturated rings. The number of sulfonamides is 1. The van der Waals surface area contributed by atoms with E-state index in [-0.39, 0.29) is 23.8 Å². The molecule has 1 heterocycles. The number of amides is 1. The van der Waals surface area contributed by atoms with Gasteiger partial charge in [-0.2, -0.15) is 0 Å². The molecule has 1 N–H and O–H groups in total. The summed E-state index contributed by atoms with van der Waals surface area (Å²) in [6, 6.07) is 15.7. The van der Waals surface area contributed by atoms with Crippen LogP contribution in [0, 0.1) is 5.92 Å². The molecular weight excluding hydrogens is 396 g/mol. The lowest BCUT2D eigenvalue weighted by Crippen LogP contribution is -2.38. The summed E-state index contributed by atoms with van der Waals surface area (Å²) in [5.74, 6) is 0.263. The molecule has 0 aromatic heterocycles. The molecule has 5 nitrogen and oxygen atoms in total. The van der Waals surface area contributed by atoms with Crippen LogP contribution in [0.3, 0.4) is 0 Å². The molecule has 28 heavy (non-hydrogen) atoms. The van der Waals surface area contributed by atoms with Gasteiger partial charge < -0.3 is 4.90 Å². The predicted octanol–water partition coefficient (Wildman–Crippen LogP) is 3.26. The Labute approximate surface area is 170 Å². The van der Waals surface area contributed by atoms with Gasteiger partial charge in [0.1, 0.15) is 0 Å². The number of rotatable bonds is 5. The third-order valence-electron chi connectivity index (χ3n) is 5.51. The van der Waals surface area contributed by atoms with E-state index in [0.29, 0.717) is 24.5 Å². The van der Waals surface area contributed by atoms with Crippen molar-refractivity contribution in [2.75, 3.05) is 19.3 Å². The van der Waals surface area contributed by atoms with Gasteiger partial charge in [0.25, 0.3) is 0 Å². The van der Waals surface area contributed by atoms with Crippen LogP contribution >= 0.6 is 11.6 Å². The van der Waals surface area contributed by atoms with Gasteiger partial charge >= 0.3 is 0 Å². The summed E-state index contributed by atoms with van der Waals surface area (Å²) in [6.45, 7) is 1.04.